The highest BCUT2D eigenvalue weighted by atomic mass is 16.5. The Morgan fingerprint density at radius 3 is 2.85 bits per heavy atom. The summed E-state index contributed by atoms with van der Waals surface area (Å²) in [5.41, 5.74) is 1.81. The molecule has 1 aromatic heterocycles. The lowest BCUT2D eigenvalue weighted by molar-refractivity contribution is -0.146. The van der Waals surface area contributed by atoms with E-state index in [2.05, 4.69) is 10.3 Å². The van der Waals surface area contributed by atoms with E-state index in [4.69, 9.17) is 4.74 Å². The molecule has 5 heteroatoms. The van der Waals surface area contributed by atoms with E-state index in [0.717, 1.165) is 24.0 Å². The smallest absolute Gasteiger partial charge is 0.328 e. The van der Waals surface area contributed by atoms with Crippen LogP contribution in [-0.4, -0.2) is 28.7 Å². The summed E-state index contributed by atoms with van der Waals surface area (Å²) in [5, 5.41) is 3.20. The zero-order valence-corrected chi connectivity index (χ0v) is 12.2. The zero-order valence-electron chi connectivity index (χ0n) is 12.2. The van der Waals surface area contributed by atoms with Gasteiger partial charge >= 0.3 is 5.97 Å². The number of hydrogen-bond acceptors (Lipinski definition) is 4. The quantitative estimate of drug-likeness (QED) is 0.823. The van der Waals surface area contributed by atoms with Gasteiger partial charge in [0.1, 0.15) is 6.04 Å². The van der Waals surface area contributed by atoms with Gasteiger partial charge in [-0.2, -0.15) is 0 Å². The number of rotatable bonds is 6. The van der Waals surface area contributed by atoms with Gasteiger partial charge in [0.25, 0.3) is 0 Å². The van der Waals surface area contributed by atoms with Gasteiger partial charge in [-0.1, -0.05) is 19.1 Å². The lowest BCUT2D eigenvalue weighted by Crippen LogP contribution is -2.21. The molecule has 0 bridgehead atoms. The van der Waals surface area contributed by atoms with E-state index in [1.54, 1.807) is 0 Å². The van der Waals surface area contributed by atoms with Gasteiger partial charge in [0.2, 0.25) is 5.95 Å². The molecule has 1 aromatic carbocycles. The van der Waals surface area contributed by atoms with Gasteiger partial charge in [-0.05, 0) is 32.4 Å². The molecule has 0 aliphatic heterocycles. The van der Waals surface area contributed by atoms with Crippen molar-refractivity contribution in [3.05, 3.63) is 24.3 Å². The van der Waals surface area contributed by atoms with Crippen molar-refractivity contribution in [2.24, 2.45) is 0 Å². The number of nitrogens with zero attached hydrogens (tertiary/aromatic N) is 2. The summed E-state index contributed by atoms with van der Waals surface area (Å²) in [5.74, 6) is 0.476. The lowest BCUT2D eigenvalue weighted by Gasteiger charge is -2.16. The van der Waals surface area contributed by atoms with Crippen molar-refractivity contribution in [1.82, 2.24) is 9.55 Å². The molecule has 1 N–H and O–H groups in total. The van der Waals surface area contributed by atoms with Gasteiger partial charge in [0, 0.05) is 6.54 Å². The van der Waals surface area contributed by atoms with Crippen molar-refractivity contribution in [3.63, 3.8) is 0 Å². The lowest BCUT2D eigenvalue weighted by atomic mass is 10.3. The van der Waals surface area contributed by atoms with Crippen LogP contribution in [0.2, 0.25) is 0 Å². The molecular formula is C15H21N3O2. The number of benzene rings is 1. The fourth-order valence-corrected chi connectivity index (χ4v) is 2.15. The van der Waals surface area contributed by atoms with E-state index in [0.29, 0.717) is 12.6 Å². The molecule has 2 rings (SSSR count). The summed E-state index contributed by atoms with van der Waals surface area (Å²) >= 11 is 0. The second-order valence-corrected chi connectivity index (χ2v) is 4.67. The van der Waals surface area contributed by atoms with Gasteiger partial charge < -0.3 is 10.1 Å². The normalized spacial score (nSPS) is 12.3. The Morgan fingerprint density at radius 1 is 1.40 bits per heavy atom. The summed E-state index contributed by atoms with van der Waals surface area (Å²) in [6.07, 6.45) is 0.823. The molecule has 2 aromatic rings. The summed E-state index contributed by atoms with van der Waals surface area (Å²) < 4.78 is 7.14. The predicted octanol–water partition coefficient (Wildman–Crippen LogP) is 2.98. The van der Waals surface area contributed by atoms with Gasteiger partial charge in [0.05, 0.1) is 17.6 Å². The number of ether oxygens (including phenoxy) is 1. The van der Waals surface area contributed by atoms with Crippen molar-refractivity contribution in [1.29, 1.82) is 0 Å². The van der Waals surface area contributed by atoms with Crippen LogP contribution in [0, 0.1) is 0 Å². The number of carbonyl (C=O) groups excluding carboxylic acids is 1. The van der Waals surface area contributed by atoms with E-state index in [-0.39, 0.29) is 5.97 Å². The van der Waals surface area contributed by atoms with Crippen molar-refractivity contribution in [2.45, 2.75) is 33.2 Å². The highest BCUT2D eigenvalue weighted by Crippen LogP contribution is 2.25. The van der Waals surface area contributed by atoms with Crippen LogP contribution < -0.4 is 5.32 Å². The Hall–Kier alpha value is -2.04. The molecule has 0 fully saturated rings. The van der Waals surface area contributed by atoms with Crippen LogP contribution in [-0.2, 0) is 9.53 Å². The molecule has 0 radical (unpaired) electrons. The first-order valence-electron chi connectivity index (χ1n) is 7.06. The van der Waals surface area contributed by atoms with Crippen LogP contribution in [0.15, 0.2) is 24.3 Å². The summed E-state index contributed by atoms with van der Waals surface area (Å²) in [6.45, 7) is 7.03. The number of hydrogen-bond donors (Lipinski definition) is 1. The highest BCUT2D eigenvalue weighted by Gasteiger charge is 2.22. The van der Waals surface area contributed by atoms with Gasteiger partial charge in [-0.3, -0.25) is 4.57 Å². The average molecular weight is 275 g/mol. The third-order valence-electron chi connectivity index (χ3n) is 3.11. The van der Waals surface area contributed by atoms with E-state index in [1.165, 1.54) is 0 Å². The van der Waals surface area contributed by atoms with Crippen LogP contribution in [0.25, 0.3) is 11.0 Å². The van der Waals surface area contributed by atoms with Crippen molar-refractivity contribution in [2.75, 3.05) is 18.5 Å². The summed E-state index contributed by atoms with van der Waals surface area (Å²) in [4.78, 5) is 16.6. The van der Waals surface area contributed by atoms with Gasteiger partial charge in [-0.25, -0.2) is 9.78 Å². The molecule has 0 aliphatic rings. The van der Waals surface area contributed by atoms with Crippen LogP contribution in [0.3, 0.4) is 0 Å². The number of fused-ring (bicyclic) bond motifs is 1. The molecule has 0 saturated carbocycles. The Balaban J connectivity index is 2.39. The third-order valence-corrected chi connectivity index (χ3v) is 3.11. The maximum absolute atomic E-state index is 12.1. The van der Waals surface area contributed by atoms with E-state index < -0.39 is 6.04 Å². The number of carbonyl (C=O) groups is 1. The first kappa shape index (κ1) is 14.4. The number of anilines is 1. The van der Waals surface area contributed by atoms with Crippen molar-refractivity contribution < 1.29 is 9.53 Å². The SMILES string of the molecule is CCCOC(=O)C(C)n1c(NCC)nc2ccccc21. The average Bonchev–Trinajstić information content (AvgIpc) is 2.82. The standard InChI is InChI=1S/C15H21N3O2/c1-4-10-20-14(19)11(3)18-13-9-7-6-8-12(13)17-15(18)16-5-2/h6-9,11H,4-5,10H2,1-3H3,(H,16,17). The molecule has 0 amide bonds. The molecule has 20 heavy (non-hydrogen) atoms. The molecule has 1 unspecified atom stereocenters. The number of para-hydroxylation sites is 2. The Morgan fingerprint density at radius 2 is 2.15 bits per heavy atom. The minimum atomic E-state index is -0.400. The second-order valence-electron chi connectivity index (χ2n) is 4.67. The monoisotopic (exact) mass is 275 g/mol. The summed E-state index contributed by atoms with van der Waals surface area (Å²) in [7, 11) is 0. The van der Waals surface area contributed by atoms with E-state index >= 15 is 0 Å². The van der Waals surface area contributed by atoms with Crippen molar-refractivity contribution in [3.8, 4) is 0 Å². The Labute approximate surface area is 118 Å². The fourth-order valence-electron chi connectivity index (χ4n) is 2.15. The molecule has 5 nitrogen and oxygen atoms in total. The minimum Gasteiger partial charge on any atom is -0.464 e. The largest absolute Gasteiger partial charge is 0.464 e. The topological polar surface area (TPSA) is 56.1 Å². The molecule has 1 heterocycles. The Kier molecular flexibility index (Phi) is 4.61. The number of imidazole rings is 1. The highest BCUT2D eigenvalue weighted by molar-refractivity contribution is 5.83. The predicted molar refractivity (Wildman–Crippen MR) is 79.9 cm³/mol. The van der Waals surface area contributed by atoms with Gasteiger partial charge in [0.15, 0.2) is 0 Å². The van der Waals surface area contributed by atoms with Crippen LogP contribution >= 0.6 is 0 Å². The zero-order chi connectivity index (χ0) is 14.5. The van der Waals surface area contributed by atoms with Gasteiger partial charge in [-0.15, -0.1) is 0 Å². The molecule has 1 atom stereocenters. The third kappa shape index (κ3) is 2.76. The number of esters is 1. The Bertz CT molecular complexity index is 592. The fraction of sp³-hybridized carbons (Fsp3) is 0.467. The molecular weight excluding hydrogens is 254 g/mol. The molecule has 0 saturated heterocycles. The number of nitrogens with one attached hydrogen (secondary N) is 1. The maximum Gasteiger partial charge on any atom is 0.328 e. The molecule has 0 spiro atoms. The van der Waals surface area contributed by atoms with Crippen LogP contribution in [0.1, 0.15) is 33.2 Å². The summed E-state index contributed by atoms with van der Waals surface area (Å²) in [6, 6.07) is 7.39. The van der Waals surface area contributed by atoms with E-state index in [9.17, 15) is 4.79 Å². The molecule has 0 aliphatic carbocycles. The maximum atomic E-state index is 12.1. The van der Waals surface area contributed by atoms with Crippen LogP contribution in [0.5, 0.6) is 0 Å². The van der Waals surface area contributed by atoms with Crippen molar-refractivity contribution >= 4 is 23.0 Å². The minimum absolute atomic E-state index is 0.228. The van der Waals surface area contributed by atoms with E-state index in [1.807, 2.05) is 49.6 Å². The number of aromatic nitrogens is 2. The molecule has 108 valence electrons. The van der Waals surface area contributed by atoms with Crippen LogP contribution in [0.4, 0.5) is 5.95 Å². The first-order chi connectivity index (χ1) is 9.69. The first-order valence-corrected chi connectivity index (χ1v) is 7.06. The second kappa shape index (κ2) is 6.41.